The van der Waals surface area contributed by atoms with Crippen LogP contribution >= 0.6 is 0 Å². The third kappa shape index (κ3) is 3.69. The van der Waals surface area contributed by atoms with E-state index < -0.39 is 32.0 Å². The number of hydrogen-bond acceptors (Lipinski definition) is 8. The van der Waals surface area contributed by atoms with Gasteiger partial charge in [0.25, 0.3) is 11.8 Å². The summed E-state index contributed by atoms with van der Waals surface area (Å²) < 4.78 is 63.3. The summed E-state index contributed by atoms with van der Waals surface area (Å²) in [6, 6.07) is 14.1. The lowest BCUT2D eigenvalue weighted by Gasteiger charge is -2.28. The average Bonchev–Trinajstić information content (AvgIpc) is 2.85. The van der Waals surface area contributed by atoms with Crippen LogP contribution in [-0.4, -0.2) is 64.3 Å². The van der Waals surface area contributed by atoms with Crippen molar-refractivity contribution in [2.45, 2.75) is 9.79 Å². The van der Waals surface area contributed by atoms with E-state index >= 15 is 0 Å². The number of morpholine rings is 1. The number of hydrogen-bond donors (Lipinski definition) is 0. The molecule has 3 aromatic rings. The molecule has 10 nitrogen and oxygen atoms in total. The van der Waals surface area contributed by atoms with Gasteiger partial charge in [0.15, 0.2) is 0 Å². The zero-order valence-electron chi connectivity index (χ0n) is 17.6. The van der Waals surface area contributed by atoms with E-state index in [1.165, 1.54) is 46.8 Å². The molecule has 2 aliphatic rings. The molecule has 1 fully saturated rings. The molecule has 34 heavy (non-hydrogen) atoms. The molecule has 0 radical (unpaired) electrons. The number of carbonyl (C=O) groups excluding carboxylic acids is 2. The molecule has 1 saturated heterocycles. The SMILES string of the molecule is O=C1c2cccc3cc(S(=O)(=O)N4CCOCC4)cc(c23)C(=O)N1OS(=O)(=O)c1ccccc1. The van der Waals surface area contributed by atoms with Gasteiger partial charge in [-0.3, -0.25) is 9.59 Å². The van der Waals surface area contributed by atoms with Crippen molar-refractivity contribution in [1.82, 2.24) is 9.37 Å². The Morgan fingerprint density at radius 3 is 2.15 bits per heavy atom. The monoisotopic (exact) mass is 502 g/mol. The predicted molar refractivity (Wildman–Crippen MR) is 119 cm³/mol. The van der Waals surface area contributed by atoms with Gasteiger partial charge in [-0.25, -0.2) is 8.42 Å². The van der Waals surface area contributed by atoms with Crippen molar-refractivity contribution in [2.24, 2.45) is 0 Å². The number of benzene rings is 3. The van der Waals surface area contributed by atoms with Crippen LogP contribution in [0.3, 0.4) is 0 Å². The topological polar surface area (TPSA) is 127 Å². The highest BCUT2D eigenvalue weighted by Gasteiger charge is 2.39. The van der Waals surface area contributed by atoms with Crippen molar-refractivity contribution < 1.29 is 35.4 Å². The lowest BCUT2D eigenvalue weighted by atomic mass is 9.95. The normalized spacial score (nSPS) is 17.4. The van der Waals surface area contributed by atoms with Gasteiger partial charge in [-0.1, -0.05) is 30.3 Å². The molecule has 0 atom stereocenters. The fourth-order valence-electron chi connectivity index (χ4n) is 3.94. The molecule has 0 aromatic heterocycles. The number of carbonyl (C=O) groups is 2. The summed E-state index contributed by atoms with van der Waals surface area (Å²) >= 11 is 0. The summed E-state index contributed by atoms with van der Waals surface area (Å²) in [4.78, 5) is 25.9. The van der Waals surface area contributed by atoms with Crippen LogP contribution in [0.5, 0.6) is 0 Å². The summed E-state index contributed by atoms with van der Waals surface area (Å²) in [6.07, 6.45) is 0. The van der Waals surface area contributed by atoms with Crippen molar-refractivity contribution in [3.05, 3.63) is 71.8 Å². The Labute approximate surface area is 195 Å². The maximum absolute atomic E-state index is 13.3. The number of ether oxygens (including phenoxy) is 1. The third-order valence-electron chi connectivity index (χ3n) is 5.59. The fraction of sp³-hybridized carbons (Fsp3) is 0.182. The average molecular weight is 503 g/mol. The Kier molecular flexibility index (Phi) is 5.49. The molecule has 0 spiro atoms. The van der Waals surface area contributed by atoms with Gasteiger partial charge in [0, 0.05) is 18.5 Å². The van der Waals surface area contributed by atoms with Crippen molar-refractivity contribution >= 4 is 42.7 Å². The maximum Gasteiger partial charge on any atom is 0.318 e. The van der Waals surface area contributed by atoms with E-state index in [9.17, 15) is 26.4 Å². The second-order valence-electron chi connectivity index (χ2n) is 7.64. The largest absolute Gasteiger partial charge is 0.379 e. The molecule has 3 aromatic carbocycles. The Morgan fingerprint density at radius 1 is 0.765 bits per heavy atom. The minimum Gasteiger partial charge on any atom is -0.379 e. The molecule has 12 heteroatoms. The summed E-state index contributed by atoms with van der Waals surface area (Å²) in [5, 5.41) is 0.745. The Hall–Kier alpha value is -3.16. The third-order valence-corrected chi connectivity index (χ3v) is 8.66. The van der Waals surface area contributed by atoms with Crippen LogP contribution < -0.4 is 0 Å². The molecule has 0 bridgehead atoms. The molecular weight excluding hydrogens is 484 g/mol. The van der Waals surface area contributed by atoms with Crippen LogP contribution in [0.25, 0.3) is 10.8 Å². The van der Waals surface area contributed by atoms with Gasteiger partial charge in [-0.15, -0.1) is 9.35 Å². The van der Waals surface area contributed by atoms with Crippen molar-refractivity contribution in [3.8, 4) is 0 Å². The summed E-state index contributed by atoms with van der Waals surface area (Å²) in [7, 11) is -8.48. The van der Waals surface area contributed by atoms with E-state index in [-0.39, 0.29) is 57.7 Å². The first-order chi connectivity index (χ1) is 16.2. The first-order valence-corrected chi connectivity index (χ1v) is 13.1. The van der Waals surface area contributed by atoms with Crippen molar-refractivity contribution in [2.75, 3.05) is 26.3 Å². The summed E-state index contributed by atoms with van der Waals surface area (Å²) in [6.45, 7) is 0.811. The Morgan fingerprint density at radius 2 is 1.44 bits per heavy atom. The van der Waals surface area contributed by atoms with Gasteiger partial charge in [-0.05, 0) is 35.7 Å². The highest BCUT2D eigenvalue weighted by molar-refractivity contribution is 7.89. The van der Waals surface area contributed by atoms with Gasteiger partial charge in [0.1, 0.15) is 0 Å². The second kappa shape index (κ2) is 8.25. The van der Waals surface area contributed by atoms with Crippen molar-refractivity contribution in [3.63, 3.8) is 0 Å². The molecule has 0 aliphatic carbocycles. The molecule has 2 aliphatic heterocycles. The molecule has 0 N–H and O–H groups in total. The number of rotatable bonds is 5. The number of hydroxylamine groups is 2. The van der Waals surface area contributed by atoms with E-state index in [0.29, 0.717) is 5.39 Å². The molecular formula is C22H18N2O8S2. The fourth-order valence-corrected chi connectivity index (χ4v) is 6.32. The minimum absolute atomic E-state index is 0.0192. The highest BCUT2D eigenvalue weighted by Crippen LogP contribution is 2.34. The Balaban J connectivity index is 1.61. The van der Waals surface area contributed by atoms with E-state index in [2.05, 4.69) is 0 Å². The highest BCUT2D eigenvalue weighted by atomic mass is 32.2. The summed E-state index contributed by atoms with van der Waals surface area (Å²) in [5.74, 6) is -2.04. The van der Waals surface area contributed by atoms with Crippen LogP contribution in [0.2, 0.25) is 0 Å². The number of sulfonamides is 1. The van der Waals surface area contributed by atoms with Crippen LogP contribution in [0, 0.1) is 0 Å². The number of amides is 2. The summed E-state index contributed by atoms with van der Waals surface area (Å²) in [5.41, 5.74) is -0.131. The number of nitrogens with zero attached hydrogens (tertiary/aromatic N) is 2. The zero-order valence-corrected chi connectivity index (χ0v) is 19.2. The number of imide groups is 1. The molecule has 0 saturated carbocycles. The zero-order chi connectivity index (χ0) is 24.1. The maximum atomic E-state index is 13.3. The van der Waals surface area contributed by atoms with E-state index in [4.69, 9.17) is 9.02 Å². The molecule has 5 rings (SSSR count). The van der Waals surface area contributed by atoms with Crippen LogP contribution in [-0.2, 0) is 29.2 Å². The molecule has 2 heterocycles. The van der Waals surface area contributed by atoms with Gasteiger partial charge >= 0.3 is 10.1 Å². The van der Waals surface area contributed by atoms with E-state index in [1.54, 1.807) is 12.1 Å². The first kappa shape index (κ1) is 22.6. The van der Waals surface area contributed by atoms with Gasteiger partial charge in [-0.2, -0.15) is 12.7 Å². The molecule has 0 unspecified atom stereocenters. The van der Waals surface area contributed by atoms with E-state index in [1.807, 2.05) is 0 Å². The van der Waals surface area contributed by atoms with Crippen LogP contribution in [0.1, 0.15) is 20.7 Å². The minimum atomic E-state index is -4.51. The lowest BCUT2D eigenvalue weighted by Crippen LogP contribution is -2.42. The van der Waals surface area contributed by atoms with Crippen molar-refractivity contribution in [1.29, 1.82) is 0 Å². The molecule has 2 amide bonds. The van der Waals surface area contributed by atoms with Crippen LogP contribution in [0.4, 0.5) is 0 Å². The van der Waals surface area contributed by atoms with Gasteiger partial charge < -0.3 is 4.74 Å². The quantitative estimate of drug-likeness (QED) is 0.483. The smallest absolute Gasteiger partial charge is 0.318 e. The van der Waals surface area contributed by atoms with Gasteiger partial charge in [0.05, 0.1) is 34.1 Å². The van der Waals surface area contributed by atoms with Gasteiger partial charge in [0.2, 0.25) is 10.0 Å². The first-order valence-electron chi connectivity index (χ1n) is 10.2. The predicted octanol–water partition coefficient (Wildman–Crippen LogP) is 1.78. The van der Waals surface area contributed by atoms with Crippen LogP contribution in [0.15, 0.2) is 70.5 Å². The second-order valence-corrected chi connectivity index (χ2v) is 11.1. The standard InChI is InChI=1S/C22H18N2O8S2/c25-21-18-8-4-5-15-13-17(33(27,28)23-9-11-31-12-10-23)14-19(20(15)18)22(26)24(21)32-34(29,30)16-6-2-1-3-7-16/h1-8,13-14H,9-12H2. The lowest BCUT2D eigenvalue weighted by molar-refractivity contribution is -0.0155. The Bertz CT molecular complexity index is 1530. The molecule has 176 valence electrons. The van der Waals surface area contributed by atoms with E-state index in [0.717, 1.165) is 6.07 Å².